The smallest absolute Gasteiger partial charge is 0.322 e. The van der Waals surface area contributed by atoms with Crippen molar-refractivity contribution < 1.29 is 33.4 Å². The fourth-order valence-corrected chi connectivity index (χ4v) is 3.02. The number of carbonyl (C=O) groups is 3. The van der Waals surface area contributed by atoms with Gasteiger partial charge in [-0.1, -0.05) is 12.1 Å². The molecule has 1 amide bonds. The normalized spacial score (nSPS) is 23.9. The molecule has 1 saturated heterocycles. The van der Waals surface area contributed by atoms with Crippen LogP contribution in [0.2, 0.25) is 0 Å². The predicted molar refractivity (Wildman–Crippen MR) is 77.0 cm³/mol. The number of carboxylic acids is 2. The highest BCUT2D eigenvalue weighted by Crippen LogP contribution is 2.41. The van der Waals surface area contributed by atoms with Gasteiger partial charge in [0.25, 0.3) is 0 Å². The lowest BCUT2D eigenvalue weighted by molar-refractivity contribution is -0.142. The van der Waals surface area contributed by atoms with Crippen molar-refractivity contribution >= 4 is 17.8 Å². The number of hydrogen-bond acceptors (Lipinski definition) is 4. The first kappa shape index (κ1) is 17.8. The molecule has 0 radical (unpaired) electrons. The Morgan fingerprint density at radius 3 is 2.54 bits per heavy atom. The topological polar surface area (TPSA) is 107 Å². The Morgan fingerprint density at radius 1 is 1.29 bits per heavy atom. The quantitative estimate of drug-likeness (QED) is 0.724. The Morgan fingerprint density at radius 2 is 1.96 bits per heavy atom. The van der Waals surface area contributed by atoms with Crippen molar-refractivity contribution in [3.63, 3.8) is 0 Å². The van der Waals surface area contributed by atoms with E-state index in [9.17, 15) is 28.3 Å². The summed E-state index contributed by atoms with van der Waals surface area (Å²) in [6.07, 6.45) is -0.141. The highest BCUT2D eigenvalue weighted by Gasteiger charge is 2.47. The number of nitrogens with zero attached hydrogens (tertiary/aromatic N) is 1. The van der Waals surface area contributed by atoms with E-state index in [0.717, 1.165) is 6.07 Å². The molecule has 0 aliphatic carbocycles. The van der Waals surface area contributed by atoms with E-state index in [4.69, 9.17) is 5.11 Å². The number of likely N-dealkylation sites (N-methyl/N-ethyl adjacent to an activating group) is 1. The molecule has 3 N–H and O–H groups in total. The lowest BCUT2D eigenvalue weighted by atomic mass is 9.92. The van der Waals surface area contributed by atoms with Crippen LogP contribution in [0.3, 0.4) is 0 Å². The summed E-state index contributed by atoms with van der Waals surface area (Å²) in [5, 5.41) is 20.1. The van der Waals surface area contributed by atoms with Gasteiger partial charge in [0.15, 0.2) is 11.6 Å². The number of benzene rings is 1. The maximum absolute atomic E-state index is 14.1. The van der Waals surface area contributed by atoms with Crippen molar-refractivity contribution in [3.8, 4) is 0 Å². The molecule has 7 nitrogen and oxygen atoms in total. The molecule has 9 heteroatoms. The molecule has 1 aliphatic rings. The van der Waals surface area contributed by atoms with Gasteiger partial charge in [0, 0.05) is 5.56 Å². The van der Waals surface area contributed by atoms with Gasteiger partial charge in [-0.25, -0.2) is 8.78 Å². The number of hydrogen-bond donors (Lipinski definition) is 3. The van der Waals surface area contributed by atoms with Gasteiger partial charge >= 0.3 is 11.9 Å². The molecule has 1 fully saturated rings. The summed E-state index contributed by atoms with van der Waals surface area (Å²) in [6, 6.07) is 1.37. The number of rotatable bonds is 5. The van der Waals surface area contributed by atoms with E-state index in [2.05, 4.69) is 5.32 Å². The second kappa shape index (κ2) is 6.91. The minimum atomic E-state index is -1.27. The Labute approximate surface area is 135 Å². The molecule has 0 bridgehead atoms. The first-order chi connectivity index (χ1) is 11.2. The van der Waals surface area contributed by atoms with Crippen molar-refractivity contribution in [2.24, 2.45) is 5.92 Å². The van der Waals surface area contributed by atoms with E-state index < -0.39 is 54.0 Å². The second-order valence-corrected chi connectivity index (χ2v) is 5.56. The maximum Gasteiger partial charge on any atom is 0.322 e. The largest absolute Gasteiger partial charge is 0.480 e. The van der Waals surface area contributed by atoms with Crippen molar-refractivity contribution in [3.05, 3.63) is 35.4 Å². The molecule has 1 aliphatic heterocycles. The zero-order chi connectivity index (χ0) is 18.0. The van der Waals surface area contributed by atoms with Gasteiger partial charge < -0.3 is 15.5 Å². The van der Waals surface area contributed by atoms with Crippen molar-refractivity contribution in [1.82, 2.24) is 10.2 Å². The molecular formula is C15H16F2N2O5. The van der Waals surface area contributed by atoms with Crippen LogP contribution in [-0.2, 0) is 14.4 Å². The third-order valence-electron chi connectivity index (χ3n) is 4.12. The summed E-state index contributed by atoms with van der Waals surface area (Å²) in [7, 11) is 1.40. The van der Waals surface area contributed by atoms with Crippen LogP contribution in [0.25, 0.3) is 0 Å². The Kier molecular flexibility index (Phi) is 5.13. The van der Waals surface area contributed by atoms with Gasteiger partial charge in [-0.2, -0.15) is 0 Å². The number of likely N-dealkylation sites (tertiary alicyclic amines) is 1. The lowest BCUT2D eigenvalue weighted by Crippen LogP contribution is -2.38. The standard InChI is InChI=1S/C15H16F2N2O5/c1-19-10(15(23)24)5-8(14(22)18-6-11(20)21)13(19)7-3-2-4-9(16)12(7)17/h2-4,8,10,13H,5-6H2,1H3,(H,18,22)(H,20,21)(H,23,24)/t8-,10-,13-/m1/s1. The van der Waals surface area contributed by atoms with Gasteiger partial charge in [-0.3, -0.25) is 19.3 Å². The molecule has 1 aromatic rings. The minimum Gasteiger partial charge on any atom is -0.480 e. The third-order valence-corrected chi connectivity index (χ3v) is 4.12. The molecule has 0 spiro atoms. The van der Waals surface area contributed by atoms with Crippen LogP contribution in [0.1, 0.15) is 18.0 Å². The van der Waals surface area contributed by atoms with E-state index in [1.54, 1.807) is 0 Å². The van der Waals surface area contributed by atoms with Gasteiger partial charge in [-0.15, -0.1) is 0 Å². The zero-order valence-electron chi connectivity index (χ0n) is 12.7. The maximum atomic E-state index is 14.1. The average molecular weight is 342 g/mol. The molecular weight excluding hydrogens is 326 g/mol. The Bertz CT molecular complexity index is 682. The van der Waals surface area contributed by atoms with Crippen LogP contribution >= 0.6 is 0 Å². The number of nitrogens with one attached hydrogen (secondary N) is 1. The fraction of sp³-hybridized carbons (Fsp3) is 0.400. The molecule has 3 atom stereocenters. The van der Waals surface area contributed by atoms with E-state index >= 15 is 0 Å². The lowest BCUT2D eigenvalue weighted by Gasteiger charge is -2.26. The van der Waals surface area contributed by atoms with Crippen LogP contribution in [0.15, 0.2) is 18.2 Å². The van der Waals surface area contributed by atoms with E-state index in [-0.39, 0.29) is 12.0 Å². The van der Waals surface area contributed by atoms with Crippen LogP contribution in [0, 0.1) is 17.6 Å². The third kappa shape index (κ3) is 3.35. The predicted octanol–water partition coefficient (Wildman–Crippen LogP) is 0.612. The molecule has 2 rings (SSSR count). The van der Waals surface area contributed by atoms with Crippen LogP contribution in [0.4, 0.5) is 8.78 Å². The monoisotopic (exact) mass is 342 g/mol. The van der Waals surface area contributed by atoms with E-state index in [0.29, 0.717) is 0 Å². The summed E-state index contributed by atoms with van der Waals surface area (Å²) in [4.78, 5) is 35.4. The summed E-state index contributed by atoms with van der Waals surface area (Å²) in [5.74, 6) is -6.47. The first-order valence-electron chi connectivity index (χ1n) is 7.12. The van der Waals surface area contributed by atoms with Crippen molar-refractivity contribution in [1.29, 1.82) is 0 Å². The molecule has 0 aromatic heterocycles. The Balaban J connectivity index is 2.38. The summed E-state index contributed by atoms with van der Waals surface area (Å²) in [5.41, 5.74) is -0.142. The van der Waals surface area contributed by atoms with Crippen LogP contribution in [0.5, 0.6) is 0 Å². The summed E-state index contributed by atoms with van der Waals surface area (Å²) < 4.78 is 27.6. The molecule has 1 aromatic carbocycles. The minimum absolute atomic E-state index is 0.141. The Hall–Kier alpha value is -2.55. The highest BCUT2D eigenvalue weighted by molar-refractivity contribution is 5.85. The SMILES string of the molecule is CN1[C@@H](C(=O)O)C[C@@H](C(=O)NCC(=O)O)[C@H]1c1cccc(F)c1F. The molecule has 0 unspecified atom stereocenters. The molecule has 130 valence electrons. The fourth-order valence-electron chi connectivity index (χ4n) is 3.02. The number of carbonyl (C=O) groups excluding carboxylic acids is 1. The molecule has 0 saturated carbocycles. The van der Waals surface area contributed by atoms with Crippen LogP contribution < -0.4 is 5.32 Å². The molecule has 24 heavy (non-hydrogen) atoms. The number of amides is 1. The van der Waals surface area contributed by atoms with Crippen molar-refractivity contribution in [2.45, 2.75) is 18.5 Å². The summed E-state index contributed by atoms with van der Waals surface area (Å²) >= 11 is 0. The van der Waals surface area contributed by atoms with Gasteiger partial charge in [0.1, 0.15) is 12.6 Å². The van der Waals surface area contributed by atoms with Crippen LogP contribution in [-0.4, -0.2) is 52.6 Å². The van der Waals surface area contributed by atoms with Gasteiger partial charge in [-0.05, 0) is 19.5 Å². The zero-order valence-corrected chi connectivity index (χ0v) is 12.7. The average Bonchev–Trinajstić information content (AvgIpc) is 2.85. The van der Waals surface area contributed by atoms with E-state index in [1.165, 1.54) is 24.1 Å². The van der Waals surface area contributed by atoms with E-state index in [1.807, 2.05) is 0 Å². The van der Waals surface area contributed by atoms with Gasteiger partial charge in [0.2, 0.25) is 5.91 Å². The van der Waals surface area contributed by atoms with Crippen molar-refractivity contribution in [2.75, 3.05) is 13.6 Å². The number of aliphatic carboxylic acids is 2. The number of halogens is 2. The highest BCUT2D eigenvalue weighted by atomic mass is 19.2. The molecule has 1 heterocycles. The van der Waals surface area contributed by atoms with Gasteiger partial charge in [0.05, 0.1) is 12.0 Å². The summed E-state index contributed by atoms with van der Waals surface area (Å²) in [6.45, 7) is -0.644. The second-order valence-electron chi connectivity index (χ2n) is 5.56. The number of carboxylic acid groups (broad SMARTS) is 2. The first-order valence-corrected chi connectivity index (χ1v) is 7.12.